The zero-order valence-electron chi connectivity index (χ0n) is 13.1. The van der Waals surface area contributed by atoms with Crippen molar-refractivity contribution in [2.75, 3.05) is 33.8 Å². The van der Waals surface area contributed by atoms with E-state index in [0.717, 1.165) is 32.4 Å². The van der Waals surface area contributed by atoms with E-state index in [1.54, 1.807) is 0 Å². The number of ether oxygens (including phenoxy) is 1. The number of rotatable bonds is 4. The second-order valence-electron chi connectivity index (χ2n) is 6.50. The van der Waals surface area contributed by atoms with Gasteiger partial charge in [-0.3, -0.25) is 4.79 Å². The summed E-state index contributed by atoms with van der Waals surface area (Å²) in [6.45, 7) is 4.48. The molecule has 20 heavy (non-hydrogen) atoms. The normalized spacial score (nSPS) is 32.8. The van der Waals surface area contributed by atoms with Crippen LogP contribution in [0.15, 0.2) is 0 Å². The van der Waals surface area contributed by atoms with Crippen molar-refractivity contribution in [1.82, 2.24) is 9.80 Å². The van der Waals surface area contributed by atoms with Gasteiger partial charge in [-0.1, -0.05) is 0 Å². The van der Waals surface area contributed by atoms with Crippen molar-refractivity contribution in [2.24, 2.45) is 5.73 Å². The van der Waals surface area contributed by atoms with Crippen LogP contribution in [0.3, 0.4) is 0 Å². The fraction of sp³-hybridized carbons (Fsp3) is 0.933. The SMILES string of the molecule is CCOC(=O)C1(N)CCC(N2CCC(N(C)C)CC2)C1. The first kappa shape index (κ1) is 15.7. The lowest BCUT2D eigenvalue weighted by molar-refractivity contribution is -0.149. The third kappa shape index (κ3) is 3.32. The number of nitrogens with two attached hydrogens (primary N) is 1. The molecular formula is C15H29N3O2. The van der Waals surface area contributed by atoms with Gasteiger partial charge < -0.3 is 20.3 Å². The topological polar surface area (TPSA) is 58.8 Å². The molecule has 2 atom stereocenters. The summed E-state index contributed by atoms with van der Waals surface area (Å²) in [5.74, 6) is -0.217. The Kier molecular flexibility index (Phi) is 5.04. The van der Waals surface area contributed by atoms with Crippen molar-refractivity contribution < 1.29 is 9.53 Å². The van der Waals surface area contributed by atoms with Crippen LogP contribution in [0.5, 0.6) is 0 Å². The van der Waals surface area contributed by atoms with Crippen LogP contribution in [-0.2, 0) is 9.53 Å². The number of carbonyl (C=O) groups is 1. The Balaban J connectivity index is 1.86. The van der Waals surface area contributed by atoms with E-state index in [9.17, 15) is 4.79 Å². The molecule has 0 aromatic carbocycles. The van der Waals surface area contributed by atoms with Crippen molar-refractivity contribution in [1.29, 1.82) is 0 Å². The number of likely N-dealkylation sites (tertiary alicyclic amines) is 1. The van der Waals surface area contributed by atoms with E-state index in [1.165, 1.54) is 12.8 Å². The predicted molar refractivity (Wildman–Crippen MR) is 79.5 cm³/mol. The summed E-state index contributed by atoms with van der Waals surface area (Å²) in [5.41, 5.74) is 5.50. The summed E-state index contributed by atoms with van der Waals surface area (Å²) in [4.78, 5) is 16.8. The molecule has 1 aliphatic heterocycles. The highest BCUT2D eigenvalue weighted by atomic mass is 16.5. The number of nitrogens with zero attached hydrogens (tertiary/aromatic N) is 2. The Morgan fingerprint density at radius 3 is 2.55 bits per heavy atom. The molecule has 1 aliphatic carbocycles. The highest BCUT2D eigenvalue weighted by Crippen LogP contribution is 2.33. The summed E-state index contributed by atoms with van der Waals surface area (Å²) in [7, 11) is 4.31. The molecule has 2 N–H and O–H groups in total. The Hall–Kier alpha value is -0.650. The molecule has 0 aromatic heterocycles. The van der Waals surface area contributed by atoms with Crippen LogP contribution in [0, 0.1) is 0 Å². The molecule has 5 heteroatoms. The van der Waals surface area contributed by atoms with Crippen molar-refractivity contribution in [3.63, 3.8) is 0 Å². The molecule has 1 saturated heterocycles. The highest BCUT2D eigenvalue weighted by Gasteiger charge is 2.45. The lowest BCUT2D eigenvalue weighted by Crippen LogP contribution is -2.50. The summed E-state index contributed by atoms with van der Waals surface area (Å²) in [6.07, 6.45) is 4.94. The third-order valence-electron chi connectivity index (χ3n) is 4.95. The first-order valence-electron chi connectivity index (χ1n) is 7.83. The van der Waals surface area contributed by atoms with E-state index < -0.39 is 5.54 Å². The van der Waals surface area contributed by atoms with Crippen LogP contribution in [0.4, 0.5) is 0 Å². The van der Waals surface area contributed by atoms with Crippen molar-refractivity contribution in [3.05, 3.63) is 0 Å². The summed E-state index contributed by atoms with van der Waals surface area (Å²) in [6, 6.07) is 1.15. The number of carbonyl (C=O) groups excluding carboxylic acids is 1. The zero-order chi connectivity index (χ0) is 14.8. The minimum absolute atomic E-state index is 0.217. The smallest absolute Gasteiger partial charge is 0.326 e. The van der Waals surface area contributed by atoms with E-state index in [2.05, 4.69) is 23.9 Å². The first-order chi connectivity index (χ1) is 9.46. The molecule has 0 aromatic rings. The van der Waals surface area contributed by atoms with Gasteiger partial charge >= 0.3 is 5.97 Å². The molecule has 1 heterocycles. The minimum atomic E-state index is -0.751. The third-order valence-corrected chi connectivity index (χ3v) is 4.95. The van der Waals surface area contributed by atoms with Gasteiger partial charge in [0.05, 0.1) is 6.61 Å². The lowest BCUT2D eigenvalue weighted by atomic mass is 9.97. The van der Waals surface area contributed by atoms with Gasteiger partial charge in [0.2, 0.25) is 0 Å². The largest absolute Gasteiger partial charge is 0.465 e. The molecule has 5 nitrogen and oxygen atoms in total. The van der Waals surface area contributed by atoms with Crippen molar-refractivity contribution in [2.45, 2.75) is 56.7 Å². The van der Waals surface area contributed by atoms with Crippen LogP contribution in [0.1, 0.15) is 39.0 Å². The summed E-state index contributed by atoms with van der Waals surface area (Å²) >= 11 is 0. The van der Waals surface area contributed by atoms with Crippen molar-refractivity contribution >= 4 is 5.97 Å². The van der Waals surface area contributed by atoms with Crippen LogP contribution < -0.4 is 5.73 Å². The molecule has 0 spiro atoms. The molecule has 2 rings (SSSR count). The average Bonchev–Trinajstić information content (AvgIpc) is 2.83. The Labute approximate surface area is 122 Å². The zero-order valence-corrected chi connectivity index (χ0v) is 13.1. The molecule has 116 valence electrons. The van der Waals surface area contributed by atoms with Gasteiger partial charge in [0, 0.05) is 12.1 Å². The minimum Gasteiger partial charge on any atom is -0.465 e. The number of esters is 1. The monoisotopic (exact) mass is 283 g/mol. The Morgan fingerprint density at radius 2 is 2.00 bits per heavy atom. The van der Waals surface area contributed by atoms with Gasteiger partial charge in [0.1, 0.15) is 5.54 Å². The molecule has 2 fully saturated rings. The van der Waals surface area contributed by atoms with E-state index in [1.807, 2.05) is 6.92 Å². The van der Waals surface area contributed by atoms with Gasteiger partial charge in [-0.2, -0.15) is 0 Å². The van der Waals surface area contributed by atoms with Gasteiger partial charge in [-0.15, -0.1) is 0 Å². The van der Waals surface area contributed by atoms with Crippen LogP contribution in [0.25, 0.3) is 0 Å². The lowest BCUT2D eigenvalue weighted by Gasteiger charge is -2.38. The fourth-order valence-electron chi connectivity index (χ4n) is 3.59. The van der Waals surface area contributed by atoms with Gasteiger partial charge in [0.15, 0.2) is 0 Å². The number of piperidine rings is 1. The Morgan fingerprint density at radius 1 is 1.35 bits per heavy atom. The van der Waals surface area contributed by atoms with Gasteiger partial charge in [-0.25, -0.2) is 0 Å². The standard InChI is InChI=1S/C15H29N3O2/c1-4-20-14(19)15(16)8-5-13(11-15)18-9-6-12(7-10-18)17(2)3/h12-13H,4-11,16H2,1-3H3. The maximum atomic E-state index is 12.0. The molecule has 2 aliphatic rings. The second kappa shape index (κ2) is 6.41. The maximum absolute atomic E-state index is 12.0. The first-order valence-corrected chi connectivity index (χ1v) is 7.83. The molecule has 1 saturated carbocycles. The van der Waals surface area contributed by atoms with E-state index >= 15 is 0 Å². The quantitative estimate of drug-likeness (QED) is 0.774. The second-order valence-corrected chi connectivity index (χ2v) is 6.50. The fourth-order valence-corrected chi connectivity index (χ4v) is 3.59. The highest BCUT2D eigenvalue weighted by molar-refractivity contribution is 5.81. The molecule has 0 bridgehead atoms. The maximum Gasteiger partial charge on any atom is 0.326 e. The van der Waals surface area contributed by atoms with Crippen LogP contribution >= 0.6 is 0 Å². The predicted octanol–water partition coefficient (Wildman–Crippen LogP) is 0.826. The van der Waals surface area contributed by atoms with Gasteiger partial charge in [0.25, 0.3) is 0 Å². The van der Waals surface area contributed by atoms with E-state index in [4.69, 9.17) is 10.5 Å². The summed E-state index contributed by atoms with van der Waals surface area (Å²) in [5, 5.41) is 0. The number of hydrogen-bond acceptors (Lipinski definition) is 5. The molecule has 2 unspecified atom stereocenters. The van der Waals surface area contributed by atoms with E-state index in [-0.39, 0.29) is 5.97 Å². The summed E-state index contributed by atoms with van der Waals surface area (Å²) < 4.78 is 5.12. The van der Waals surface area contributed by atoms with Crippen molar-refractivity contribution in [3.8, 4) is 0 Å². The van der Waals surface area contributed by atoms with Gasteiger partial charge in [-0.05, 0) is 66.2 Å². The average molecular weight is 283 g/mol. The molecule has 0 amide bonds. The Bertz CT molecular complexity index is 340. The molecular weight excluding hydrogens is 254 g/mol. The van der Waals surface area contributed by atoms with E-state index in [0.29, 0.717) is 18.7 Å². The van der Waals surface area contributed by atoms with Crippen LogP contribution in [0.2, 0.25) is 0 Å². The number of hydrogen-bond donors (Lipinski definition) is 1. The molecule has 0 radical (unpaired) electrons. The van der Waals surface area contributed by atoms with Crippen LogP contribution in [-0.4, -0.2) is 67.2 Å².